The number of nitrogens with zero attached hydrogens (tertiary/aromatic N) is 2. The molecule has 2 rings (SSSR count). The quantitative estimate of drug-likeness (QED) is 0.344. The zero-order chi connectivity index (χ0) is 14.9. The van der Waals surface area contributed by atoms with Crippen LogP contribution in [0.5, 0.6) is 0 Å². The Kier molecular flexibility index (Phi) is 3.18. The van der Waals surface area contributed by atoms with Gasteiger partial charge in [0, 0.05) is 12.1 Å². The Morgan fingerprint density at radius 1 is 1.35 bits per heavy atom. The van der Waals surface area contributed by atoms with Crippen LogP contribution < -0.4 is 0 Å². The molecule has 0 radical (unpaired) electrons. The van der Waals surface area contributed by atoms with Crippen LogP contribution in [0.15, 0.2) is 18.2 Å². The lowest BCUT2D eigenvalue weighted by Crippen LogP contribution is -2.36. The second-order valence-electron chi connectivity index (χ2n) is 3.69. The Labute approximate surface area is 112 Å². The minimum atomic E-state index is -1.21. The normalized spacial score (nSPS) is 12.8. The van der Waals surface area contributed by atoms with E-state index in [0.717, 1.165) is 18.2 Å². The Morgan fingerprint density at radius 2 is 2.00 bits per heavy atom. The highest BCUT2D eigenvalue weighted by Gasteiger charge is 2.41. The van der Waals surface area contributed by atoms with Gasteiger partial charge in [0.05, 0.1) is 16.1 Å². The zero-order valence-electron chi connectivity index (χ0n) is 9.86. The molecule has 0 aromatic heterocycles. The fraction of sp³-hybridized carbons (Fsp3) is 0.0833. The van der Waals surface area contributed by atoms with Crippen LogP contribution in [0.1, 0.15) is 20.7 Å². The molecule has 1 aliphatic rings. The summed E-state index contributed by atoms with van der Waals surface area (Å²) in [5.74, 6) is 0.138. The summed E-state index contributed by atoms with van der Waals surface area (Å²) in [6.07, 6.45) is 3.68. The third-order valence-electron chi connectivity index (χ3n) is 2.54. The van der Waals surface area contributed by atoms with Gasteiger partial charge < -0.3 is 4.74 Å². The van der Waals surface area contributed by atoms with Crippen LogP contribution in [-0.4, -0.2) is 34.3 Å². The SMILES string of the molecule is C#CCOC(=O)N1C(=O)c2ccc([N+](=O)[O-])cc2C1=O. The van der Waals surface area contributed by atoms with Crippen molar-refractivity contribution < 1.29 is 24.0 Å². The van der Waals surface area contributed by atoms with E-state index in [0.29, 0.717) is 0 Å². The van der Waals surface area contributed by atoms with Gasteiger partial charge >= 0.3 is 6.09 Å². The van der Waals surface area contributed by atoms with Gasteiger partial charge in [-0.25, -0.2) is 4.79 Å². The lowest BCUT2D eigenvalue weighted by Gasteiger charge is -2.10. The standard InChI is InChI=1S/C12H6N2O6/c1-2-5-20-12(17)13-10(15)8-4-3-7(14(18)19)6-9(8)11(13)16/h1,3-4,6H,5H2. The number of amides is 3. The molecule has 20 heavy (non-hydrogen) atoms. The lowest BCUT2D eigenvalue weighted by molar-refractivity contribution is -0.384. The van der Waals surface area contributed by atoms with Gasteiger partial charge in [-0.05, 0) is 6.07 Å². The Balaban J connectivity index is 2.38. The number of rotatable bonds is 2. The van der Waals surface area contributed by atoms with E-state index in [1.54, 1.807) is 0 Å². The zero-order valence-corrected chi connectivity index (χ0v) is 9.86. The molecule has 0 N–H and O–H groups in total. The van der Waals surface area contributed by atoms with Gasteiger partial charge in [-0.15, -0.1) is 6.42 Å². The van der Waals surface area contributed by atoms with Crippen molar-refractivity contribution in [3.63, 3.8) is 0 Å². The summed E-state index contributed by atoms with van der Waals surface area (Å²) in [4.78, 5) is 45.5. The third kappa shape index (κ3) is 1.97. The number of imide groups is 3. The molecule has 0 saturated carbocycles. The van der Waals surface area contributed by atoms with E-state index in [2.05, 4.69) is 4.74 Å². The van der Waals surface area contributed by atoms with Crippen molar-refractivity contribution in [1.29, 1.82) is 0 Å². The molecule has 0 atom stereocenters. The van der Waals surface area contributed by atoms with E-state index in [4.69, 9.17) is 6.42 Å². The molecule has 8 heteroatoms. The second-order valence-corrected chi connectivity index (χ2v) is 3.69. The first-order chi connectivity index (χ1) is 9.47. The molecule has 1 aliphatic heterocycles. The predicted octanol–water partition coefficient (Wildman–Crippen LogP) is 0.961. The molecule has 100 valence electrons. The molecule has 3 amide bonds. The summed E-state index contributed by atoms with van der Waals surface area (Å²) in [7, 11) is 0. The topological polar surface area (TPSA) is 107 Å². The number of non-ortho nitro benzene ring substituents is 1. The van der Waals surface area contributed by atoms with Gasteiger partial charge in [-0.2, -0.15) is 4.90 Å². The Bertz CT molecular complexity index is 688. The molecule has 1 heterocycles. The van der Waals surface area contributed by atoms with Crippen molar-refractivity contribution in [2.45, 2.75) is 0 Å². The predicted molar refractivity (Wildman–Crippen MR) is 63.8 cm³/mol. The van der Waals surface area contributed by atoms with Crippen molar-refractivity contribution in [3.8, 4) is 12.3 Å². The lowest BCUT2D eigenvalue weighted by atomic mass is 10.1. The minimum Gasteiger partial charge on any atom is -0.436 e. The smallest absolute Gasteiger partial charge is 0.425 e. The van der Waals surface area contributed by atoms with E-state index in [-0.39, 0.29) is 21.7 Å². The van der Waals surface area contributed by atoms with E-state index in [9.17, 15) is 24.5 Å². The van der Waals surface area contributed by atoms with Crippen LogP contribution in [0.4, 0.5) is 10.5 Å². The van der Waals surface area contributed by atoms with E-state index >= 15 is 0 Å². The number of carbonyl (C=O) groups excluding carboxylic acids is 3. The number of nitro benzene ring substituents is 1. The largest absolute Gasteiger partial charge is 0.436 e. The van der Waals surface area contributed by atoms with Crippen molar-refractivity contribution in [3.05, 3.63) is 39.4 Å². The summed E-state index contributed by atoms with van der Waals surface area (Å²) in [6, 6.07) is 3.12. The van der Waals surface area contributed by atoms with Gasteiger partial charge in [0.2, 0.25) is 0 Å². The van der Waals surface area contributed by atoms with Gasteiger partial charge in [0.25, 0.3) is 17.5 Å². The van der Waals surface area contributed by atoms with Crippen molar-refractivity contribution in [1.82, 2.24) is 4.90 Å². The number of ether oxygens (including phenoxy) is 1. The molecule has 8 nitrogen and oxygen atoms in total. The molecule has 0 bridgehead atoms. The van der Waals surface area contributed by atoms with Gasteiger partial charge in [0.1, 0.15) is 0 Å². The van der Waals surface area contributed by atoms with Crippen LogP contribution in [-0.2, 0) is 4.74 Å². The summed E-state index contributed by atoms with van der Waals surface area (Å²) in [6.45, 7) is -0.396. The second kappa shape index (κ2) is 4.81. The maximum Gasteiger partial charge on any atom is 0.425 e. The number of carbonyl (C=O) groups is 3. The molecule has 0 aliphatic carbocycles. The van der Waals surface area contributed by atoms with Gasteiger partial charge in [-0.1, -0.05) is 5.92 Å². The first kappa shape index (κ1) is 13.2. The maximum atomic E-state index is 11.9. The van der Waals surface area contributed by atoms with Gasteiger partial charge in [0.15, 0.2) is 6.61 Å². The van der Waals surface area contributed by atoms with Gasteiger partial charge in [-0.3, -0.25) is 19.7 Å². The molecular formula is C12H6N2O6. The third-order valence-corrected chi connectivity index (χ3v) is 2.54. The number of fused-ring (bicyclic) bond motifs is 1. The van der Waals surface area contributed by atoms with Crippen LogP contribution in [0.25, 0.3) is 0 Å². The minimum absolute atomic E-state index is 0.0988. The molecule has 0 unspecified atom stereocenters. The first-order valence-corrected chi connectivity index (χ1v) is 5.25. The number of hydrogen-bond acceptors (Lipinski definition) is 6. The van der Waals surface area contributed by atoms with E-state index in [1.165, 1.54) is 0 Å². The summed E-state index contributed by atoms with van der Waals surface area (Å²) >= 11 is 0. The van der Waals surface area contributed by atoms with Crippen molar-refractivity contribution >= 4 is 23.6 Å². The summed E-state index contributed by atoms with van der Waals surface area (Å²) in [5.41, 5.74) is -0.677. The van der Waals surface area contributed by atoms with Crippen molar-refractivity contribution in [2.75, 3.05) is 6.61 Å². The molecule has 0 fully saturated rings. The molecule has 0 saturated heterocycles. The van der Waals surface area contributed by atoms with Crippen LogP contribution in [0.2, 0.25) is 0 Å². The molecule has 1 aromatic carbocycles. The average Bonchev–Trinajstić information content (AvgIpc) is 2.68. The fourth-order valence-electron chi connectivity index (χ4n) is 1.68. The van der Waals surface area contributed by atoms with Crippen LogP contribution >= 0.6 is 0 Å². The highest BCUT2D eigenvalue weighted by atomic mass is 16.6. The Hall–Kier alpha value is -3.21. The monoisotopic (exact) mass is 274 g/mol. The summed E-state index contributed by atoms with van der Waals surface area (Å²) in [5, 5.41) is 10.6. The van der Waals surface area contributed by atoms with Crippen LogP contribution in [0, 0.1) is 22.5 Å². The molecule has 0 spiro atoms. The van der Waals surface area contributed by atoms with Crippen molar-refractivity contribution in [2.24, 2.45) is 0 Å². The Morgan fingerprint density at radius 3 is 2.60 bits per heavy atom. The number of terminal acetylenes is 1. The van der Waals surface area contributed by atoms with Crippen LogP contribution in [0.3, 0.4) is 0 Å². The highest BCUT2D eigenvalue weighted by molar-refractivity contribution is 6.28. The highest BCUT2D eigenvalue weighted by Crippen LogP contribution is 2.27. The molecular weight excluding hydrogens is 268 g/mol. The number of hydrogen-bond donors (Lipinski definition) is 0. The van der Waals surface area contributed by atoms with E-state index < -0.39 is 29.4 Å². The fourth-order valence-corrected chi connectivity index (χ4v) is 1.68. The molecule has 1 aromatic rings. The van der Waals surface area contributed by atoms with E-state index in [1.807, 2.05) is 5.92 Å². The number of nitro groups is 1. The average molecular weight is 274 g/mol. The summed E-state index contributed by atoms with van der Waals surface area (Å²) < 4.78 is 4.50. The first-order valence-electron chi connectivity index (χ1n) is 5.25. The maximum absolute atomic E-state index is 11.9. The number of benzene rings is 1.